The van der Waals surface area contributed by atoms with Gasteiger partial charge in [-0.3, -0.25) is 0 Å². The van der Waals surface area contributed by atoms with Gasteiger partial charge in [-0.25, -0.2) is 0 Å². The van der Waals surface area contributed by atoms with Gasteiger partial charge >= 0.3 is 197 Å². The molecule has 0 amide bonds. The van der Waals surface area contributed by atoms with Crippen LogP contribution in [0.1, 0.15) is 16.7 Å². The maximum absolute atomic E-state index is 2.84. The van der Waals surface area contributed by atoms with Crippen LogP contribution in [0.3, 0.4) is 0 Å². The monoisotopic (exact) mass is 588 g/mol. The maximum atomic E-state index is 2.84. The Morgan fingerprint density at radius 3 is 1.30 bits per heavy atom. The van der Waals surface area contributed by atoms with Crippen LogP contribution < -0.4 is 20.4 Å². The molecule has 0 atom stereocenters. The molecule has 0 spiro atoms. The molecule has 4 rings (SSSR count). The summed E-state index contributed by atoms with van der Waals surface area (Å²) in [5.74, 6) is -1.84. The summed E-state index contributed by atoms with van der Waals surface area (Å²) in [7, 11) is -1.29. The van der Waals surface area contributed by atoms with Crippen molar-refractivity contribution in [1.82, 2.24) is 0 Å². The molecule has 0 bridgehead atoms. The Kier molecular flexibility index (Phi) is 6.80. The second kappa shape index (κ2) is 9.37. The molecule has 0 unspecified atom stereocenters. The van der Waals surface area contributed by atoms with Crippen LogP contribution >= 0.6 is 26.3 Å². The molecule has 0 N–H and O–H groups in total. The van der Waals surface area contributed by atoms with Crippen LogP contribution in [0.4, 0.5) is 0 Å². The van der Waals surface area contributed by atoms with E-state index in [1.54, 1.807) is 0 Å². The predicted octanol–water partition coefficient (Wildman–Crippen LogP) is 5.74. The van der Waals surface area contributed by atoms with Gasteiger partial charge in [0.15, 0.2) is 0 Å². The van der Waals surface area contributed by atoms with Gasteiger partial charge in [-0.1, -0.05) is 0 Å². The average molecular weight is 587 g/mol. The van der Waals surface area contributed by atoms with Gasteiger partial charge in [-0.05, 0) is 0 Å². The van der Waals surface area contributed by atoms with Gasteiger partial charge in [0.1, 0.15) is 0 Å². The molecule has 0 saturated carbocycles. The normalized spacial score (nSPS) is 11.6. The van der Waals surface area contributed by atoms with Crippen LogP contribution in [-0.4, -0.2) is 10.2 Å². The summed E-state index contributed by atoms with van der Waals surface area (Å²) in [4.78, 5) is 0. The third kappa shape index (κ3) is 4.16. The van der Waals surface area contributed by atoms with Crippen molar-refractivity contribution in [2.75, 3.05) is 0 Å². The Hall–Kier alpha value is -1.44. The molecular weight excluding hydrogens is 561 g/mol. The molecule has 0 saturated heterocycles. The molecule has 0 aliphatic heterocycles. The third-order valence-corrected chi connectivity index (χ3v) is 30.1. The van der Waals surface area contributed by atoms with Gasteiger partial charge in [0.25, 0.3) is 0 Å². The quantitative estimate of drug-likeness (QED) is 0.159. The molecule has 151 valence electrons. The van der Waals surface area contributed by atoms with Crippen LogP contribution in [0.25, 0.3) is 0 Å². The van der Waals surface area contributed by atoms with Gasteiger partial charge in [-0.2, -0.15) is 0 Å². The van der Waals surface area contributed by atoms with Crippen molar-refractivity contribution in [3.05, 3.63) is 120 Å². The van der Waals surface area contributed by atoms with E-state index in [2.05, 4.69) is 144 Å². The van der Waals surface area contributed by atoms with Crippen molar-refractivity contribution < 1.29 is 0 Å². The molecule has 0 aromatic heterocycles. The van der Waals surface area contributed by atoms with Crippen molar-refractivity contribution in [2.45, 2.75) is 20.8 Å². The van der Waals surface area contributed by atoms with Gasteiger partial charge in [-0.15, -0.1) is 0 Å². The summed E-state index contributed by atoms with van der Waals surface area (Å²) in [5, 5.41) is 4.51. The number of benzene rings is 4. The Morgan fingerprint density at radius 2 is 0.933 bits per heavy atom. The zero-order valence-electron chi connectivity index (χ0n) is 17.5. The number of hydrogen-bond donors (Lipinski definition) is 0. The van der Waals surface area contributed by atoms with E-state index in [0.29, 0.717) is 0 Å². The zero-order valence-corrected chi connectivity index (χ0v) is 22.3. The van der Waals surface area contributed by atoms with Crippen LogP contribution in [0.5, 0.6) is 0 Å². The molecule has 4 aromatic carbocycles. The minimum atomic E-state index is -1.84. The minimum absolute atomic E-state index is 1.29. The van der Waals surface area contributed by atoms with E-state index in [-0.39, 0.29) is 0 Å². The molecule has 0 fully saturated rings. The number of hydrogen-bond acceptors (Lipinski definition) is 0. The summed E-state index contributed by atoms with van der Waals surface area (Å²) in [6.45, 7) is 6.65. The summed E-state index contributed by atoms with van der Waals surface area (Å²) < 4.78 is 1.51. The fourth-order valence-corrected chi connectivity index (χ4v) is 28.9. The average Bonchev–Trinajstić information content (AvgIpc) is 2.75. The molecule has 3 heteroatoms. The summed E-state index contributed by atoms with van der Waals surface area (Å²) in [6.07, 6.45) is 0. The Bertz CT molecular complexity index is 1050. The molecule has 0 aliphatic carbocycles. The van der Waals surface area contributed by atoms with Gasteiger partial charge in [0.05, 0.1) is 0 Å². The fourth-order valence-electron chi connectivity index (χ4n) is 3.89. The number of aryl methyl sites for hydroxylation is 3. The first-order chi connectivity index (χ1) is 14.5. The Morgan fingerprint density at radius 1 is 0.533 bits per heavy atom. The van der Waals surface area contributed by atoms with Crippen LogP contribution in [-0.2, 0) is 0 Å². The first-order valence-electron chi connectivity index (χ1n) is 10.1. The van der Waals surface area contributed by atoms with Gasteiger partial charge < -0.3 is 0 Å². The van der Waals surface area contributed by atoms with E-state index in [1.807, 2.05) is 0 Å². The molecular formula is C27H26IPSe+. The summed E-state index contributed by atoms with van der Waals surface area (Å²) >= 11 is 2.84. The SMILES string of the molecule is Cc1cccc([P+](c2cccc(C)c2)(c2cccc(C)c2)[Se](I)c2ccccc2)c1. The first-order valence-corrected chi connectivity index (χ1v) is 20.2. The van der Waals surface area contributed by atoms with E-state index < -0.39 is 16.2 Å². The number of rotatable bonds is 5. The van der Waals surface area contributed by atoms with Crippen molar-refractivity contribution >= 4 is 56.9 Å². The van der Waals surface area contributed by atoms with E-state index in [0.717, 1.165) is 0 Å². The van der Waals surface area contributed by atoms with Crippen molar-refractivity contribution in [1.29, 1.82) is 0 Å². The van der Waals surface area contributed by atoms with Gasteiger partial charge in [0, 0.05) is 0 Å². The molecule has 0 heterocycles. The van der Waals surface area contributed by atoms with Crippen LogP contribution in [0, 0.1) is 20.8 Å². The molecule has 30 heavy (non-hydrogen) atoms. The molecule has 0 aliphatic rings. The third-order valence-electron chi connectivity index (χ3n) is 5.27. The summed E-state index contributed by atoms with van der Waals surface area (Å²) in [5.41, 5.74) is 4.00. The van der Waals surface area contributed by atoms with E-state index >= 15 is 0 Å². The Balaban J connectivity index is 2.13. The van der Waals surface area contributed by atoms with Crippen molar-refractivity contribution in [3.8, 4) is 0 Å². The van der Waals surface area contributed by atoms with Crippen LogP contribution in [0.15, 0.2) is 103 Å². The molecule has 4 aromatic rings. The summed E-state index contributed by atoms with van der Waals surface area (Å²) in [6, 6.07) is 39.0. The second-order valence-corrected chi connectivity index (χ2v) is 26.0. The number of halogens is 1. The van der Waals surface area contributed by atoms with E-state index in [9.17, 15) is 0 Å². The second-order valence-electron chi connectivity index (χ2n) is 7.68. The fraction of sp³-hybridized carbons (Fsp3) is 0.111. The molecule has 0 nitrogen and oxygen atoms in total. The standard InChI is InChI=1S/C27H26IPSe/c1-21-10-7-13-24(18-21)29(25-14-8-11-22(2)19-25,26-15-9-12-23(3)20-26)30(28)27-16-5-4-6-17-27/h4-20H,1-3H3/q+1. The van der Waals surface area contributed by atoms with Gasteiger partial charge in [0.2, 0.25) is 0 Å². The zero-order chi connectivity index (χ0) is 21.1. The predicted molar refractivity (Wildman–Crippen MR) is 145 cm³/mol. The first kappa shape index (κ1) is 21.8. The van der Waals surface area contributed by atoms with Crippen molar-refractivity contribution in [2.24, 2.45) is 0 Å². The Labute approximate surface area is 196 Å². The topological polar surface area (TPSA) is 0 Å². The van der Waals surface area contributed by atoms with Crippen molar-refractivity contribution in [3.63, 3.8) is 0 Å². The van der Waals surface area contributed by atoms with Crippen LogP contribution in [0.2, 0.25) is 0 Å². The van der Waals surface area contributed by atoms with E-state index in [4.69, 9.17) is 0 Å². The van der Waals surface area contributed by atoms with E-state index in [1.165, 1.54) is 37.1 Å². The molecule has 1 radical (unpaired) electrons.